The Hall–Kier alpha value is -0.620. The summed E-state index contributed by atoms with van der Waals surface area (Å²) in [7, 11) is -3.34. The summed E-state index contributed by atoms with van der Waals surface area (Å²) in [5.41, 5.74) is 0. The van der Waals surface area contributed by atoms with Crippen molar-refractivity contribution < 1.29 is 18.3 Å². The zero-order valence-electron chi connectivity index (χ0n) is 10.9. The van der Waals surface area contributed by atoms with Crippen LogP contribution in [0.2, 0.25) is 0 Å². The molecule has 1 aliphatic rings. The van der Waals surface area contributed by atoms with E-state index in [-0.39, 0.29) is 5.75 Å². The molecule has 0 amide bonds. The normalized spacial score (nSPS) is 25.6. The van der Waals surface area contributed by atoms with E-state index in [4.69, 9.17) is 0 Å². The number of carboxylic acids is 1. The molecule has 1 fully saturated rings. The maximum Gasteiger partial charge on any atom is 0.308 e. The topological polar surface area (TPSA) is 83.5 Å². The molecule has 1 rings (SSSR count). The summed E-state index contributed by atoms with van der Waals surface area (Å²) in [6, 6.07) is -0.438. The van der Waals surface area contributed by atoms with E-state index in [9.17, 15) is 18.3 Å². The lowest BCUT2D eigenvalue weighted by Crippen LogP contribution is -2.43. The molecule has 0 bridgehead atoms. The number of carbonyl (C=O) groups is 1. The van der Waals surface area contributed by atoms with Crippen LogP contribution in [0.1, 0.15) is 51.9 Å². The smallest absolute Gasteiger partial charge is 0.308 e. The lowest BCUT2D eigenvalue weighted by Gasteiger charge is -2.22. The van der Waals surface area contributed by atoms with Crippen LogP contribution >= 0.6 is 0 Å². The van der Waals surface area contributed by atoms with Gasteiger partial charge in [0.15, 0.2) is 0 Å². The van der Waals surface area contributed by atoms with E-state index in [1.165, 1.54) is 0 Å². The maximum absolute atomic E-state index is 11.8. The number of sulfonamides is 1. The summed E-state index contributed by atoms with van der Waals surface area (Å²) in [6.07, 6.45) is 5.36. The van der Waals surface area contributed by atoms with E-state index in [2.05, 4.69) is 4.72 Å². The third kappa shape index (κ3) is 4.94. The third-order valence-corrected chi connectivity index (χ3v) is 4.92. The Balaban J connectivity index is 2.68. The minimum Gasteiger partial charge on any atom is -0.481 e. The Morgan fingerprint density at radius 2 is 1.94 bits per heavy atom. The van der Waals surface area contributed by atoms with Crippen LogP contribution in [-0.2, 0) is 14.8 Å². The van der Waals surface area contributed by atoms with Gasteiger partial charge in [-0.2, -0.15) is 0 Å². The Morgan fingerprint density at radius 1 is 1.28 bits per heavy atom. The zero-order chi connectivity index (χ0) is 13.6. The molecule has 0 aromatic rings. The summed E-state index contributed by atoms with van der Waals surface area (Å²) < 4.78 is 26.3. The first-order valence-electron chi connectivity index (χ1n) is 6.69. The van der Waals surface area contributed by atoms with Gasteiger partial charge in [-0.05, 0) is 19.3 Å². The van der Waals surface area contributed by atoms with E-state index in [1.54, 1.807) is 0 Å². The lowest BCUT2D eigenvalue weighted by atomic mass is 9.96. The van der Waals surface area contributed by atoms with Crippen molar-refractivity contribution in [2.75, 3.05) is 5.75 Å². The van der Waals surface area contributed by atoms with Crippen molar-refractivity contribution in [1.29, 1.82) is 0 Å². The molecule has 0 heterocycles. The number of nitrogens with one attached hydrogen (secondary N) is 1. The van der Waals surface area contributed by atoms with Crippen LogP contribution in [0, 0.1) is 5.92 Å². The molecule has 0 radical (unpaired) electrons. The van der Waals surface area contributed by atoms with Crippen LogP contribution < -0.4 is 4.72 Å². The summed E-state index contributed by atoms with van der Waals surface area (Å²) in [5.74, 6) is -1.38. The fourth-order valence-electron chi connectivity index (χ4n) is 2.37. The molecule has 1 aliphatic carbocycles. The number of hydrogen-bond donors (Lipinski definition) is 2. The van der Waals surface area contributed by atoms with Crippen LogP contribution in [0.25, 0.3) is 0 Å². The molecular formula is C12H23NO4S. The minimum absolute atomic E-state index is 0.0896. The predicted octanol–water partition coefficient (Wildman–Crippen LogP) is 1.74. The second-order valence-corrected chi connectivity index (χ2v) is 6.85. The quantitative estimate of drug-likeness (QED) is 0.724. The van der Waals surface area contributed by atoms with Gasteiger partial charge in [0.05, 0.1) is 11.7 Å². The first-order valence-corrected chi connectivity index (χ1v) is 8.34. The van der Waals surface area contributed by atoms with Crippen LogP contribution in [0.15, 0.2) is 0 Å². The SMILES string of the molecule is CCCCS(=O)(=O)NC1CCCCCC1C(=O)O. The van der Waals surface area contributed by atoms with Crippen LogP contribution in [0.4, 0.5) is 0 Å². The molecule has 0 aromatic carbocycles. The Bertz CT molecular complexity index is 366. The molecule has 0 saturated heterocycles. The average Bonchev–Trinajstić information content (AvgIpc) is 2.51. The lowest BCUT2D eigenvalue weighted by molar-refractivity contribution is -0.142. The van der Waals surface area contributed by atoms with Gasteiger partial charge in [-0.15, -0.1) is 0 Å². The van der Waals surface area contributed by atoms with Gasteiger partial charge < -0.3 is 5.11 Å². The molecule has 1 saturated carbocycles. The van der Waals surface area contributed by atoms with Crippen LogP contribution in [-0.4, -0.2) is 31.3 Å². The van der Waals surface area contributed by atoms with E-state index < -0.39 is 28.0 Å². The number of hydrogen-bond acceptors (Lipinski definition) is 3. The van der Waals surface area contributed by atoms with Crippen LogP contribution in [0.3, 0.4) is 0 Å². The van der Waals surface area contributed by atoms with E-state index >= 15 is 0 Å². The third-order valence-electron chi connectivity index (χ3n) is 3.43. The molecule has 2 N–H and O–H groups in total. The number of unbranched alkanes of at least 4 members (excludes halogenated alkanes) is 1. The Kier molecular flexibility index (Phi) is 6.08. The van der Waals surface area contributed by atoms with Crippen molar-refractivity contribution >= 4 is 16.0 Å². The molecule has 0 spiro atoms. The van der Waals surface area contributed by atoms with Gasteiger partial charge in [-0.3, -0.25) is 4.79 Å². The fraction of sp³-hybridized carbons (Fsp3) is 0.917. The van der Waals surface area contributed by atoms with Crippen molar-refractivity contribution in [2.24, 2.45) is 5.92 Å². The summed E-state index contributed by atoms with van der Waals surface area (Å²) >= 11 is 0. The monoisotopic (exact) mass is 277 g/mol. The Labute approximate surface area is 109 Å². The molecule has 18 heavy (non-hydrogen) atoms. The summed E-state index contributed by atoms with van der Waals surface area (Å²) in [6.45, 7) is 1.93. The molecule has 6 heteroatoms. The molecule has 2 unspecified atom stereocenters. The number of rotatable bonds is 6. The van der Waals surface area contributed by atoms with Gasteiger partial charge in [-0.1, -0.05) is 32.6 Å². The molecule has 5 nitrogen and oxygen atoms in total. The van der Waals surface area contributed by atoms with E-state index in [0.717, 1.165) is 25.7 Å². The largest absolute Gasteiger partial charge is 0.481 e. The standard InChI is InChI=1S/C12H23NO4S/c1-2-3-9-18(16,17)13-11-8-6-4-5-7-10(11)12(14)15/h10-11,13H,2-9H2,1H3,(H,14,15). The van der Waals surface area contributed by atoms with Crippen LogP contribution in [0.5, 0.6) is 0 Å². The highest BCUT2D eigenvalue weighted by Gasteiger charge is 2.32. The molecule has 106 valence electrons. The average molecular weight is 277 g/mol. The minimum atomic E-state index is -3.34. The maximum atomic E-state index is 11.8. The van der Waals surface area contributed by atoms with Gasteiger partial charge in [-0.25, -0.2) is 13.1 Å². The molecular weight excluding hydrogens is 254 g/mol. The van der Waals surface area contributed by atoms with Gasteiger partial charge in [0.25, 0.3) is 0 Å². The van der Waals surface area contributed by atoms with Gasteiger partial charge >= 0.3 is 5.97 Å². The summed E-state index contributed by atoms with van der Waals surface area (Å²) in [4.78, 5) is 11.2. The molecule has 2 atom stereocenters. The number of carboxylic acid groups (broad SMARTS) is 1. The van der Waals surface area contributed by atoms with Gasteiger partial charge in [0.1, 0.15) is 0 Å². The van der Waals surface area contributed by atoms with Crippen molar-refractivity contribution in [3.05, 3.63) is 0 Å². The second kappa shape index (κ2) is 7.09. The van der Waals surface area contributed by atoms with Crippen molar-refractivity contribution in [2.45, 2.75) is 57.9 Å². The second-order valence-electron chi connectivity index (χ2n) is 4.98. The highest BCUT2D eigenvalue weighted by molar-refractivity contribution is 7.89. The molecule has 0 aromatic heterocycles. The van der Waals surface area contributed by atoms with E-state index in [0.29, 0.717) is 19.3 Å². The zero-order valence-corrected chi connectivity index (χ0v) is 11.7. The van der Waals surface area contributed by atoms with E-state index in [1.807, 2.05) is 6.92 Å². The summed E-state index contributed by atoms with van der Waals surface area (Å²) in [5, 5.41) is 9.17. The highest BCUT2D eigenvalue weighted by atomic mass is 32.2. The number of aliphatic carboxylic acids is 1. The predicted molar refractivity (Wildman–Crippen MR) is 69.8 cm³/mol. The first-order chi connectivity index (χ1) is 8.46. The Morgan fingerprint density at radius 3 is 2.56 bits per heavy atom. The molecule has 0 aliphatic heterocycles. The van der Waals surface area contributed by atoms with Crippen molar-refractivity contribution in [3.63, 3.8) is 0 Å². The van der Waals surface area contributed by atoms with Crippen molar-refractivity contribution in [3.8, 4) is 0 Å². The van der Waals surface area contributed by atoms with Gasteiger partial charge in [0, 0.05) is 6.04 Å². The van der Waals surface area contributed by atoms with Gasteiger partial charge in [0.2, 0.25) is 10.0 Å². The highest BCUT2D eigenvalue weighted by Crippen LogP contribution is 2.24. The first kappa shape index (κ1) is 15.4. The fourth-order valence-corrected chi connectivity index (χ4v) is 3.90. The van der Waals surface area contributed by atoms with Crippen molar-refractivity contribution in [1.82, 2.24) is 4.72 Å².